The monoisotopic (exact) mass is 415 g/mol. The Hall–Kier alpha value is -3.36. The highest BCUT2D eigenvalue weighted by atomic mass is 19.2. The molecule has 0 saturated carbocycles. The van der Waals surface area contributed by atoms with Crippen LogP contribution in [0.15, 0.2) is 47.5 Å². The van der Waals surface area contributed by atoms with E-state index in [0.717, 1.165) is 12.1 Å². The van der Waals surface area contributed by atoms with Crippen molar-refractivity contribution >= 4 is 5.91 Å². The summed E-state index contributed by atoms with van der Waals surface area (Å²) in [5, 5.41) is 11.3. The van der Waals surface area contributed by atoms with Gasteiger partial charge in [-0.2, -0.15) is 10.2 Å². The molecule has 2 heterocycles. The van der Waals surface area contributed by atoms with E-state index in [2.05, 4.69) is 15.5 Å². The summed E-state index contributed by atoms with van der Waals surface area (Å²) in [7, 11) is 0. The van der Waals surface area contributed by atoms with E-state index in [1.807, 2.05) is 20.8 Å². The summed E-state index contributed by atoms with van der Waals surface area (Å²) in [5.74, 6) is -2.23. The highest BCUT2D eigenvalue weighted by molar-refractivity contribution is 5.93. The van der Waals surface area contributed by atoms with Crippen LogP contribution in [0.1, 0.15) is 31.1 Å². The molecule has 1 atom stereocenters. The number of halogens is 2. The number of carbonyl (C=O) groups is 1. The fourth-order valence-electron chi connectivity index (χ4n) is 2.90. The zero-order valence-corrected chi connectivity index (χ0v) is 17.0. The highest BCUT2D eigenvalue weighted by Crippen LogP contribution is 2.18. The largest absolute Gasteiger partial charge is 0.347 e. The van der Waals surface area contributed by atoms with Gasteiger partial charge in [-0.05, 0) is 37.1 Å². The van der Waals surface area contributed by atoms with Crippen molar-refractivity contribution in [2.45, 2.75) is 39.9 Å². The van der Waals surface area contributed by atoms with Gasteiger partial charge in [-0.1, -0.05) is 13.8 Å². The molecule has 0 bridgehead atoms. The Bertz CT molecular complexity index is 1110. The van der Waals surface area contributed by atoms with Crippen LogP contribution < -0.4 is 10.9 Å². The lowest BCUT2D eigenvalue weighted by atomic mass is 10.0. The van der Waals surface area contributed by atoms with E-state index in [1.54, 1.807) is 10.9 Å². The van der Waals surface area contributed by atoms with Gasteiger partial charge in [-0.3, -0.25) is 14.3 Å². The Balaban J connectivity index is 1.83. The topological polar surface area (TPSA) is 81.8 Å². The quantitative estimate of drug-likeness (QED) is 0.643. The molecule has 0 aliphatic carbocycles. The van der Waals surface area contributed by atoms with Gasteiger partial charge in [-0.25, -0.2) is 13.5 Å². The van der Waals surface area contributed by atoms with E-state index in [0.29, 0.717) is 23.4 Å². The van der Waals surface area contributed by atoms with Gasteiger partial charge < -0.3 is 5.32 Å². The molecule has 3 rings (SSSR count). The van der Waals surface area contributed by atoms with Gasteiger partial charge in [0.25, 0.3) is 11.5 Å². The predicted octanol–water partition coefficient (Wildman–Crippen LogP) is 2.86. The Kier molecular flexibility index (Phi) is 6.39. The third-order valence-corrected chi connectivity index (χ3v) is 4.79. The molecular formula is C21H23F2N5O2. The van der Waals surface area contributed by atoms with Gasteiger partial charge in [0.05, 0.1) is 30.0 Å². The number of nitrogens with zero attached hydrogens (tertiary/aromatic N) is 4. The average molecular weight is 415 g/mol. The lowest BCUT2D eigenvalue weighted by molar-refractivity contribution is 0.0918. The van der Waals surface area contributed by atoms with Crippen molar-refractivity contribution in [2.24, 2.45) is 5.92 Å². The maximum absolute atomic E-state index is 13.6. The fourth-order valence-corrected chi connectivity index (χ4v) is 2.90. The smallest absolute Gasteiger partial charge is 0.266 e. The summed E-state index contributed by atoms with van der Waals surface area (Å²) >= 11 is 0. The Morgan fingerprint density at radius 1 is 1.17 bits per heavy atom. The van der Waals surface area contributed by atoms with E-state index in [1.165, 1.54) is 29.1 Å². The summed E-state index contributed by atoms with van der Waals surface area (Å²) in [4.78, 5) is 24.9. The molecule has 2 aromatic heterocycles. The Labute approximate surface area is 172 Å². The fraction of sp³-hybridized carbons (Fsp3) is 0.333. The van der Waals surface area contributed by atoms with Crippen LogP contribution in [0.25, 0.3) is 11.3 Å². The first kappa shape index (κ1) is 21.4. The summed E-state index contributed by atoms with van der Waals surface area (Å²) < 4.78 is 29.6. The highest BCUT2D eigenvalue weighted by Gasteiger charge is 2.20. The van der Waals surface area contributed by atoms with Crippen molar-refractivity contribution in [3.8, 4) is 11.3 Å². The van der Waals surface area contributed by atoms with E-state index < -0.39 is 11.6 Å². The zero-order valence-electron chi connectivity index (χ0n) is 17.0. The van der Waals surface area contributed by atoms with Crippen molar-refractivity contribution in [3.05, 3.63) is 70.3 Å². The molecule has 0 aliphatic heterocycles. The van der Waals surface area contributed by atoms with Crippen molar-refractivity contribution in [1.82, 2.24) is 24.9 Å². The standard InChI is InChI=1S/C21H23F2N5O2/c1-4-27-11-15(10-24-27)21(30)25-19(13(2)3)12-28-20(29)8-7-18(26-28)14-5-6-16(22)17(23)9-14/h5-11,13,19H,4,12H2,1-3H3,(H,25,30)/t19-/m1/s1. The second-order valence-electron chi connectivity index (χ2n) is 7.28. The van der Waals surface area contributed by atoms with Crippen LogP contribution in [-0.4, -0.2) is 31.5 Å². The minimum absolute atomic E-state index is 0.00999. The van der Waals surface area contributed by atoms with E-state index in [4.69, 9.17) is 0 Å². The number of aryl methyl sites for hydroxylation is 1. The van der Waals surface area contributed by atoms with Gasteiger partial charge in [0.2, 0.25) is 0 Å². The summed E-state index contributed by atoms with van der Waals surface area (Å²) in [6.07, 6.45) is 3.14. The second-order valence-corrected chi connectivity index (χ2v) is 7.28. The average Bonchev–Trinajstić information content (AvgIpc) is 3.20. The number of benzene rings is 1. The van der Waals surface area contributed by atoms with E-state index in [-0.39, 0.29) is 30.0 Å². The number of amides is 1. The molecule has 1 aromatic carbocycles. The van der Waals surface area contributed by atoms with E-state index >= 15 is 0 Å². The molecule has 0 spiro atoms. The molecule has 158 valence electrons. The molecule has 0 radical (unpaired) electrons. The van der Waals surface area contributed by atoms with Gasteiger partial charge in [-0.15, -0.1) is 0 Å². The Morgan fingerprint density at radius 3 is 2.57 bits per heavy atom. The third kappa shape index (κ3) is 4.79. The molecule has 1 amide bonds. The van der Waals surface area contributed by atoms with Crippen LogP contribution in [0.3, 0.4) is 0 Å². The van der Waals surface area contributed by atoms with Crippen LogP contribution in [0.5, 0.6) is 0 Å². The second kappa shape index (κ2) is 8.98. The first-order valence-corrected chi connectivity index (χ1v) is 9.65. The molecule has 0 aliphatic rings. The zero-order chi connectivity index (χ0) is 21.8. The maximum atomic E-state index is 13.6. The number of nitrogens with one attached hydrogen (secondary N) is 1. The normalized spacial score (nSPS) is 12.2. The van der Waals surface area contributed by atoms with Crippen molar-refractivity contribution < 1.29 is 13.6 Å². The van der Waals surface area contributed by atoms with Crippen LogP contribution in [0.4, 0.5) is 8.78 Å². The molecule has 0 saturated heterocycles. The summed E-state index contributed by atoms with van der Waals surface area (Å²) in [5.41, 5.74) is 0.740. The van der Waals surface area contributed by atoms with Crippen LogP contribution in [0, 0.1) is 17.6 Å². The van der Waals surface area contributed by atoms with Crippen LogP contribution in [-0.2, 0) is 13.1 Å². The lowest BCUT2D eigenvalue weighted by Crippen LogP contribution is -2.43. The van der Waals surface area contributed by atoms with Crippen molar-refractivity contribution in [1.29, 1.82) is 0 Å². The predicted molar refractivity (Wildman–Crippen MR) is 108 cm³/mol. The Morgan fingerprint density at radius 2 is 1.93 bits per heavy atom. The molecule has 30 heavy (non-hydrogen) atoms. The van der Waals surface area contributed by atoms with Gasteiger partial charge in [0.1, 0.15) is 0 Å². The van der Waals surface area contributed by atoms with Gasteiger partial charge >= 0.3 is 0 Å². The first-order chi connectivity index (χ1) is 14.3. The molecule has 1 N–H and O–H groups in total. The summed E-state index contributed by atoms with van der Waals surface area (Å²) in [6, 6.07) is 5.81. The number of rotatable bonds is 7. The van der Waals surface area contributed by atoms with Gasteiger partial charge in [0, 0.05) is 24.4 Å². The maximum Gasteiger partial charge on any atom is 0.266 e. The molecule has 0 unspecified atom stereocenters. The minimum atomic E-state index is -0.994. The first-order valence-electron chi connectivity index (χ1n) is 9.65. The molecule has 7 nitrogen and oxygen atoms in total. The lowest BCUT2D eigenvalue weighted by Gasteiger charge is -2.22. The molecule has 3 aromatic rings. The molecule has 0 fully saturated rings. The van der Waals surface area contributed by atoms with Crippen LogP contribution >= 0.6 is 0 Å². The van der Waals surface area contributed by atoms with Crippen molar-refractivity contribution in [2.75, 3.05) is 0 Å². The summed E-state index contributed by atoms with van der Waals surface area (Å²) in [6.45, 7) is 6.54. The number of carbonyl (C=O) groups excluding carboxylic acids is 1. The van der Waals surface area contributed by atoms with E-state index in [9.17, 15) is 18.4 Å². The minimum Gasteiger partial charge on any atom is -0.347 e. The molecule has 9 heteroatoms. The molecular weight excluding hydrogens is 392 g/mol. The number of hydrogen-bond donors (Lipinski definition) is 1. The number of hydrogen-bond acceptors (Lipinski definition) is 4. The SMILES string of the molecule is CCn1cc(C(=O)N[C@H](Cn2nc(-c3ccc(F)c(F)c3)ccc2=O)C(C)C)cn1. The van der Waals surface area contributed by atoms with Crippen molar-refractivity contribution in [3.63, 3.8) is 0 Å². The van der Waals surface area contributed by atoms with Gasteiger partial charge in [0.15, 0.2) is 11.6 Å². The third-order valence-electron chi connectivity index (χ3n) is 4.79. The number of aromatic nitrogens is 4. The van der Waals surface area contributed by atoms with Crippen LogP contribution in [0.2, 0.25) is 0 Å².